The third-order valence-corrected chi connectivity index (χ3v) is 7.23. The number of hydrogen-bond acceptors (Lipinski definition) is 6. The highest BCUT2D eigenvalue weighted by molar-refractivity contribution is 7.93. The van der Waals surface area contributed by atoms with Crippen molar-refractivity contribution in [1.82, 2.24) is 0 Å². The molecule has 0 bridgehead atoms. The van der Waals surface area contributed by atoms with Crippen molar-refractivity contribution in [2.75, 3.05) is 9.44 Å². The van der Waals surface area contributed by atoms with Crippen molar-refractivity contribution in [3.05, 3.63) is 83.4 Å². The molecule has 8 nitrogen and oxygen atoms in total. The van der Waals surface area contributed by atoms with Gasteiger partial charge in [0.05, 0.1) is 27.9 Å². The fraction of sp³-hybridized carbons (Fsp3) is 0. The predicted molar refractivity (Wildman–Crippen MR) is 120 cm³/mol. The average molecular weight is 488 g/mol. The maximum Gasteiger partial charge on any atom is 0.295 e. The second-order valence-corrected chi connectivity index (χ2v) is 10.4. The Morgan fingerprint density at radius 3 is 2.31 bits per heavy atom. The molecule has 11 heteroatoms. The fourth-order valence-electron chi connectivity index (χ4n) is 2.91. The highest BCUT2D eigenvalue weighted by Crippen LogP contribution is 2.31. The van der Waals surface area contributed by atoms with Crippen LogP contribution in [-0.2, 0) is 20.0 Å². The zero-order chi connectivity index (χ0) is 22.9. The van der Waals surface area contributed by atoms with Gasteiger partial charge in [0, 0.05) is 16.5 Å². The number of nitrogens with one attached hydrogen (secondary N) is 2. The van der Waals surface area contributed by atoms with Crippen LogP contribution in [0.3, 0.4) is 0 Å². The maximum absolute atomic E-state index is 12.9. The van der Waals surface area contributed by atoms with Gasteiger partial charge in [-0.2, -0.15) is 13.7 Å². The van der Waals surface area contributed by atoms with E-state index in [1.165, 1.54) is 48.5 Å². The van der Waals surface area contributed by atoms with Gasteiger partial charge in [0.25, 0.3) is 20.0 Å². The lowest BCUT2D eigenvalue weighted by Gasteiger charge is -2.14. The van der Waals surface area contributed by atoms with Gasteiger partial charge in [-0.15, -0.1) is 0 Å². The Kier molecular flexibility index (Phi) is 5.56. The number of hydrogen-bond donors (Lipinski definition) is 2. The molecule has 162 valence electrons. The Labute approximate surface area is 189 Å². The van der Waals surface area contributed by atoms with E-state index in [1.54, 1.807) is 24.3 Å². The van der Waals surface area contributed by atoms with E-state index in [4.69, 9.17) is 21.3 Å². The average Bonchev–Trinajstić information content (AvgIpc) is 3.21. The minimum Gasteiger partial charge on any atom is -0.443 e. The van der Waals surface area contributed by atoms with Gasteiger partial charge in [-0.3, -0.25) is 9.44 Å². The Morgan fingerprint density at radius 1 is 0.812 bits per heavy atom. The summed E-state index contributed by atoms with van der Waals surface area (Å²) in [7, 11) is -8.32. The van der Waals surface area contributed by atoms with Crippen LogP contribution < -0.4 is 9.44 Å². The van der Waals surface area contributed by atoms with E-state index >= 15 is 0 Å². The van der Waals surface area contributed by atoms with Crippen LogP contribution in [0.15, 0.2) is 87.2 Å². The number of anilines is 2. The highest BCUT2D eigenvalue weighted by Gasteiger charge is 2.23. The van der Waals surface area contributed by atoms with Crippen molar-refractivity contribution in [3.8, 4) is 6.07 Å². The molecule has 0 aliphatic heterocycles. The molecule has 0 fully saturated rings. The van der Waals surface area contributed by atoms with E-state index in [0.29, 0.717) is 11.0 Å². The van der Waals surface area contributed by atoms with Gasteiger partial charge in [-0.25, -0.2) is 8.42 Å². The molecule has 32 heavy (non-hydrogen) atoms. The van der Waals surface area contributed by atoms with Crippen LogP contribution in [0.5, 0.6) is 0 Å². The SMILES string of the molecule is N#Cc1cccc(S(=O)(=O)Nc2ccc(Cl)cc2NS(=O)(=O)c2cc3ccccc3o2)c1. The summed E-state index contributed by atoms with van der Waals surface area (Å²) in [5, 5.41) is 9.45. The van der Waals surface area contributed by atoms with Crippen molar-refractivity contribution < 1.29 is 21.3 Å². The van der Waals surface area contributed by atoms with Gasteiger partial charge in [-0.05, 0) is 42.5 Å². The number of nitriles is 1. The fourth-order valence-corrected chi connectivity index (χ4v) is 5.25. The number of rotatable bonds is 6. The first-order valence-corrected chi connectivity index (χ1v) is 12.4. The van der Waals surface area contributed by atoms with E-state index in [1.807, 2.05) is 6.07 Å². The van der Waals surface area contributed by atoms with E-state index in [9.17, 15) is 16.8 Å². The molecule has 0 atom stereocenters. The number of furan rings is 1. The second-order valence-electron chi connectivity index (χ2n) is 6.64. The molecular formula is C21H14ClN3O5S2. The number of halogens is 1. The Hall–Kier alpha value is -3.52. The predicted octanol–water partition coefficient (Wildman–Crippen LogP) is 4.56. The molecule has 1 aromatic heterocycles. The number of sulfonamides is 2. The largest absolute Gasteiger partial charge is 0.443 e. The Bertz CT molecular complexity index is 1560. The molecule has 1 heterocycles. The summed E-state index contributed by atoms with van der Waals surface area (Å²) in [6.07, 6.45) is 0. The van der Waals surface area contributed by atoms with E-state index in [0.717, 1.165) is 0 Å². The first-order valence-electron chi connectivity index (χ1n) is 9.02. The number of nitrogens with zero attached hydrogens (tertiary/aromatic N) is 1. The van der Waals surface area contributed by atoms with Crippen LogP contribution in [0, 0.1) is 11.3 Å². The molecule has 3 aromatic carbocycles. The summed E-state index contributed by atoms with van der Waals surface area (Å²) in [5.74, 6) is 0. The minimum absolute atomic E-state index is 0.0588. The summed E-state index contributed by atoms with van der Waals surface area (Å²) in [6, 6.07) is 19.4. The van der Waals surface area contributed by atoms with Gasteiger partial charge in [0.15, 0.2) is 0 Å². The summed E-state index contributed by atoms with van der Waals surface area (Å²) in [5.41, 5.74) is 0.390. The quantitative estimate of drug-likeness (QED) is 0.410. The Balaban J connectivity index is 1.70. The zero-order valence-electron chi connectivity index (χ0n) is 16.1. The lowest BCUT2D eigenvalue weighted by Crippen LogP contribution is -2.17. The Morgan fingerprint density at radius 2 is 1.56 bits per heavy atom. The molecule has 0 radical (unpaired) electrons. The van der Waals surface area contributed by atoms with Gasteiger partial charge < -0.3 is 4.42 Å². The minimum atomic E-state index is -4.20. The van der Waals surface area contributed by atoms with Crippen molar-refractivity contribution in [1.29, 1.82) is 5.26 Å². The van der Waals surface area contributed by atoms with Crippen molar-refractivity contribution >= 4 is 54.0 Å². The first-order chi connectivity index (χ1) is 15.2. The summed E-state index contributed by atoms with van der Waals surface area (Å²) in [4.78, 5) is -0.155. The van der Waals surface area contributed by atoms with Gasteiger partial charge in [0.2, 0.25) is 5.09 Å². The number of benzene rings is 3. The summed E-state index contributed by atoms with van der Waals surface area (Å²) >= 11 is 6.01. The number of fused-ring (bicyclic) bond motifs is 1. The number of para-hydroxylation sites is 1. The molecule has 0 amide bonds. The third kappa shape index (κ3) is 4.40. The standard InChI is InChI=1S/C21H14ClN3O5S2/c22-16-8-9-18(24-31(26,27)17-6-3-4-14(10-17)13-23)19(12-16)25-32(28,29)21-11-15-5-1-2-7-20(15)30-21/h1-12,24-25H. The first kappa shape index (κ1) is 21.7. The van der Waals surface area contributed by atoms with Gasteiger partial charge in [0.1, 0.15) is 5.58 Å². The molecule has 0 saturated carbocycles. The second kappa shape index (κ2) is 8.20. The van der Waals surface area contributed by atoms with Crippen LogP contribution in [0.1, 0.15) is 5.56 Å². The molecule has 0 unspecified atom stereocenters. The van der Waals surface area contributed by atoms with E-state index in [2.05, 4.69) is 9.44 Å². The van der Waals surface area contributed by atoms with Crippen LogP contribution in [0.4, 0.5) is 11.4 Å². The molecule has 0 spiro atoms. The molecule has 4 rings (SSSR count). The molecule has 2 N–H and O–H groups in total. The van der Waals surface area contributed by atoms with Gasteiger partial charge in [-0.1, -0.05) is 35.9 Å². The molecule has 0 saturated heterocycles. The normalized spacial score (nSPS) is 11.8. The highest BCUT2D eigenvalue weighted by atomic mass is 35.5. The lowest BCUT2D eigenvalue weighted by atomic mass is 10.2. The molecule has 0 aliphatic rings. The van der Waals surface area contributed by atoms with Crippen molar-refractivity contribution in [2.45, 2.75) is 9.99 Å². The zero-order valence-corrected chi connectivity index (χ0v) is 18.5. The maximum atomic E-state index is 12.9. The summed E-state index contributed by atoms with van der Waals surface area (Å²) < 4.78 is 61.5. The molecular weight excluding hydrogens is 474 g/mol. The van der Waals surface area contributed by atoms with Crippen molar-refractivity contribution in [2.24, 2.45) is 0 Å². The van der Waals surface area contributed by atoms with Crippen LogP contribution >= 0.6 is 11.6 Å². The van der Waals surface area contributed by atoms with Gasteiger partial charge >= 0.3 is 0 Å². The van der Waals surface area contributed by atoms with E-state index in [-0.39, 0.29) is 31.9 Å². The molecule has 0 aliphatic carbocycles. The summed E-state index contributed by atoms with van der Waals surface area (Å²) in [6.45, 7) is 0. The monoisotopic (exact) mass is 487 g/mol. The lowest BCUT2D eigenvalue weighted by molar-refractivity contribution is 0.484. The topological polar surface area (TPSA) is 129 Å². The van der Waals surface area contributed by atoms with Crippen LogP contribution in [0.25, 0.3) is 11.0 Å². The van der Waals surface area contributed by atoms with Crippen molar-refractivity contribution in [3.63, 3.8) is 0 Å². The van der Waals surface area contributed by atoms with Crippen LogP contribution in [-0.4, -0.2) is 16.8 Å². The molecule has 4 aromatic rings. The van der Waals surface area contributed by atoms with Crippen LogP contribution in [0.2, 0.25) is 5.02 Å². The van der Waals surface area contributed by atoms with E-state index < -0.39 is 20.0 Å². The third-order valence-electron chi connectivity index (χ3n) is 4.41. The smallest absolute Gasteiger partial charge is 0.295 e.